The second kappa shape index (κ2) is 6.36. The van der Waals surface area contributed by atoms with Gasteiger partial charge in [0.25, 0.3) is 0 Å². The maximum Gasteiger partial charge on any atom is 0.127 e. The summed E-state index contributed by atoms with van der Waals surface area (Å²) in [7, 11) is 0. The molecule has 1 saturated carbocycles. The summed E-state index contributed by atoms with van der Waals surface area (Å²) in [6.45, 7) is 0. The summed E-state index contributed by atoms with van der Waals surface area (Å²) in [5, 5.41) is 8.63. The van der Waals surface area contributed by atoms with Crippen molar-refractivity contribution in [1.29, 1.82) is 5.26 Å². The van der Waals surface area contributed by atoms with Crippen LogP contribution in [0.25, 0.3) is 0 Å². The third kappa shape index (κ3) is 3.81. The zero-order valence-corrected chi connectivity index (χ0v) is 10.8. The fraction of sp³-hybridized carbons (Fsp3) is 0.438. The molecule has 0 aliphatic heterocycles. The number of rotatable bonds is 2. The molecule has 0 saturated heterocycles. The number of benzene rings is 1. The van der Waals surface area contributed by atoms with E-state index in [2.05, 4.69) is 11.8 Å². The van der Waals surface area contributed by atoms with Gasteiger partial charge in [-0.1, -0.05) is 30.7 Å². The zero-order chi connectivity index (χ0) is 13.7. The van der Waals surface area contributed by atoms with Crippen molar-refractivity contribution >= 4 is 0 Å². The van der Waals surface area contributed by atoms with Crippen molar-refractivity contribution < 1.29 is 4.39 Å². The van der Waals surface area contributed by atoms with E-state index in [1.165, 1.54) is 18.9 Å². The Bertz CT molecular complexity index is 542. The van der Waals surface area contributed by atoms with Crippen LogP contribution in [0.4, 0.5) is 4.39 Å². The summed E-state index contributed by atoms with van der Waals surface area (Å²) >= 11 is 0. The normalized spacial score (nSPS) is 16.5. The first-order chi connectivity index (χ1) is 9.19. The van der Waals surface area contributed by atoms with Gasteiger partial charge in [0.15, 0.2) is 0 Å². The van der Waals surface area contributed by atoms with Crippen LogP contribution in [0.2, 0.25) is 0 Å². The largest absolute Gasteiger partial charge is 0.316 e. The van der Waals surface area contributed by atoms with Gasteiger partial charge in [-0.05, 0) is 30.5 Å². The lowest BCUT2D eigenvalue weighted by Crippen LogP contribution is -2.20. The lowest BCUT2D eigenvalue weighted by atomic mass is 10.0. The van der Waals surface area contributed by atoms with Crippen molar-refractivity contribution in [3.8, 4) is 17.9 Å². The maximum atomic E-state index is 13.8. The van der Waals surface area contributed by atoms with Crippen LogP contribution < -0.4 is 5.73 Å². The SMILES string of the molecule is N#C[C@@H](N)Cc1ccc(C#CC2CCCC2)cc1F. The standard InChI is InChI=1S/C16H17FN2/c17-16-9-13(6-5-12-3-1-2-4-12)7-8-14(16)10-15(19)11-18/h7-9,12,15H,1-4,10,19H2/t15-/m0/s1. The number of hydrogen-bond acceptors (Lipinski definition) is 2. The van der Waals surface area contributed by atoms with Gasteiger partial charge in [0.05, 0.1) is 12.1 Å². The van der Waals surface area contributed by atoms with Crippen LogP contribution >= 0.6 is 0 Å². The van der Waals surface area contributed by atoms with E-state index in [0.29, 0.717) is 17.0 Å². The van der Waals surface area contributed by atoms with E-state index in [1.54, 1.807) is 12.1 Å². The average molecular weight is 256 g/mol. The molecular formula is C16H17FN2. The fourth-order valence-electron chi connectivity index (χ4n) is 2.33. The van der Waals surface area contributed by atoms with Crippen LogP contribution in [0.1, 0.15) is 36.8 Å². The Kier molecular flexibility index (Phi) is 4.55. The Hall–Kier alpha value is -1.84. The topological polar surface area (TPSA) is 49.8 Å². The van der Waals surface area contributed by atoms with Gasteiger partial charge in [-0.3, -0.25) is 0 Å². The second-order valence-electron chi connectivity index (χ2n) is 5.00. The Morgan fingerprint density at radius 2 is 2.11 bits per heavy atom. The number of nitriles is 1. The molecule has 0 spiro atoms. The highest BCUT2D eigenvalue weighted by Crippen LogP contribution is 2.23. The van der Waals surface area contributed by atoms with E-state index in [-0.39, 0.29) is 12.2 Å². The third-order valence-electron chi connectivity index (χ3n) is 3.43. The number of halogens is 1. The molecule has 2 nitrogen and oxygen atoms in total. The van der Waals surface area contributed by atoms with Crippen LogP contribution in [-0.4, -0.2) is 6.04 Å². The molecule has 0 radical (unpaired) electrons. The molecule has 0 aromatic heterocycles. The van der Waals surface area contributed by atoms with E-state index in [9.17, 15) is 4.39 Å². The zero-order valence-electron chi connectivity index (χ0n) is 10.8. The third-order valence-corrected chi connectivity index (χ3v) is 3.43. The van der Waals surface area contributed by atoms with E-state index in [1.807, 2.05) is 6.07 Å². The molecule has 2 rings (SSSR count). The minimum atomic E-state index is -0.662. The van der Waals surface area contributed by atoms with Crippen LogP contribution in [0, 0.1) is 34.9 Å². The quantitative estimate of drug-likeness (QED) is 0.827. The number of nitrogens with zero attached hydrogens (tertiary/aromatic N) is 1. The van der Waals surface area contributed by atoms with Gasteiger partial charge >= 0.3 is 0 Å². The average Bonchev–Trinajstić information content (AvgIpc) is 2.92. The lowest BCUT2D eigenvalue weighted by Gasteiger charge is -2.05. The molecule has 0 heterocycles. The van der Waals surface area contributed by atoms with Crippen LogP contribution in [-0.2, 0) is 6.42 Å². The Balaban J connectivity index is 2.08. The maximum absolute atomic E-state index is 13.8. The summed E-state index contributed by atoms with van der Waals surface area (Å²) < 4.78 is 13.8. The molecular weight excluding hydrogens is 239 g/mol. The van der Waals surface area contributed by atoms with Crippen LogP contribution in [0.5, 0.6) is 0 Å². The fourth-order valence-corrected chi connectivity index (χ4v) is 2.33. The van der Waals surface area contributed by atoms with Crippen LogP contribution in [0.3, 0.4) is 0 Å². The molecule has 98 valence electrons. The minimum absolute atomic E-state index is 0.235. The van der Waals surface area contributed by atoms with Gasteiger partial charge in [0.1, 0.15) is 5.82 Å². The Morgan fingerprint density at radius 1 is 1.37 bits per heavy atom. The van der Waals surface area contributed by atoms with Crippen molar-refractivity contribution in [2.45, 2.75) is 38.1 Å². The van der Waals surface area contributed by atoms with Gasteiger partial charge < -0.3 is 5.73 Å². The highest BCUT2D eigenvalue weighted by atomic mass is 19.1. The molecule has 1 aromatic carbocycles. The molecule has 1 aliphatic carbocycles. The van der Waals surface area contributed by atoms with Crippen molar-refractivity contribution in [2.24, 2.45) is 11.7 Å². The second-order valence-corrected chi connectivity index (χ2v) is 5.00. The van der Waals surface area contributed by atoms with Gasteiger partial charge in [-0.2, -0.15) is 5.26 Å². The van der Waals surface area contributed by atoms with Crippen molar-refractivity contribution in [3.63, 3.8) is 0 Å². The van der Waals surface area contributed by atoms with Gasteiger partial charge in [-0.15, -0.1) is 0 Å². The minimum Gasteiger partial charge on any atom is -0.316 e. The monoisotopic (exact) mass is 256 g/mol. The smallest absolute Gasteiger partial charge is 0.127 e. The van der Waals surface area contributed by atoms with E-state index in [0.717, 1.165) is 12.8 Å². The van der Waals surface area contributed by atoms with E-state index >= 15 is 0 Å². The van der Waals surface area contributed by atoms with Crippen molar-refractivity contribution in [2.75, 3.05) is 0 Å². The van der Waals surface area contributed by atoms with Crippen molar-refractivity contribution in [3.05, 3.63) is 35.1 Å². The molecule has 1 aromatic rings. The molecule has 19 heavy (non-hydrogen) atoms. The molecule has 3 heteroatoms. The van der Waals surface area contributed by atoms with Gasteiger partial charge in [0, 0.05) is 17.9 Å². The van der Waals surface area contributed by atoms with Crippen molar-refractivity contribution in [1.82, 2.24) is 0 Å². The van der Waals surface area contributed by atoms with Crippen LogP contribution in [0.15, 0.2) is 18.2 Å². The first kappa shape index (κ1) is 13.6. The first-order valence-corrected chi connectivity index (χ1v) is 6.64. The summed E-state index contributed by atoms with van der Waals surface area (Å²) in [4.78, 5) is 0. The molecule has 1 aliphatic rings. The summed E-state index contributed by atoms with van der Waals surface area (Å²) in [6.07, 6.45) is 5.05. The Morgan fingerprint density at radius 3 is 2.74 bits per heavy atom. The molecule has 0 amide bonds. The number of hydrogen-bond donors (Lipinski definition) is 1. The summed E-state index contributed by atoms with van der Waals surface area (Å²) in [5.74, 6) is 6.38. The molecule has 1 fully saturated rings. The van der Waals surface area contributed by atoms with Gasteiger partial charge in [0.2, 0.25) is 0 Å². The highest BCUT2D eigenvalue weighted by molar-refractivity contribution is 5.38. The predicted molar refractivity (Wildman–Crippen MR) is 72.5 cm³/mol. The molecule has 1 atom stereocenters. The first-order valence-electron chi connectivity index (χ1n) is 6.64. The van der Waals surface area contributed by atoms with E-state index < -0.39 is 6.04 Å². The summed E-state index contributed by atoms with van der Waals surface area (Å²) in [5.41, 5.74) is 6.66. The molecule has 2 N–H and O–H groups in total. The summed E-state index contributed by atoms with van der Waals surface area (Å²) in [6, 6.07) is 6.14. The number of nitrogens with two attached hydrogens (primary N) is 1. The Labute approximate surface area is 113 Å². The highest BCUT2D eigenvalue weighted by Gasteiger charge is 2.12. The molecule has 0 bridgehead atoms. The van der Waals surface area contributed by atoms with Gasteiger partial charge in [-0.25, -0.2) is 4.39 Å². The lowest BCUT2D eigenvalue weighted by molar-refractivity contribution is 0.603. The predicted octanol–water partition coefficient (Wildman–Crippen LogP) is 2.76. The van der Waals surface area contributed by atoms with E-state index in [4.69, 9.17) is 11.0 Å². The molecule has 0 unspecified atom stereocenters.